The van der Waals surface area contributed by atoms with Crippen molar-refractivity contribution in [2.75, 3.05) is 13.7 Å². The molecule has 0 saturated heterocycles. The fourth-order valence-electron chi connectivity index (χ4n) is 3.33. The number of aliphatic hydroxyl groups is 1. The molecule has 0 radical (unpaired) electrons. The van der Waals surface area contributed by atoms with Crippen LogP contribution in [-0.2, 0) is 13.0 Å². The van der Waals surface area contributed by atoms with Crippen LogP contribution >= 0.6 is 0 Å². The van der Waals surface area contributed by atoms with E-state index < -0.39 is 0 Å². The second kappa shape index (κ2) is 6.31. The molecule has 0 saturated carbocycles. The highest BCUT2D eigenvalue weighted by molar-refractivity contribution is 5.91. The van der Waals surface area contributed by atoms with Crippen LogP contribution in [0, 0.1) is 0 Å². The molecule has 0 spiro atoms. The monoisotopic (exact) mass is 353 g/mol. The van der Waals surface area contributed by atoms with Gasteiger partial charge in [-0.25, -0.2) is 0 Å². The van der Waals surface area contributed by atoms with Crippen molar-refractivity contribution in [3.8, 4) is 23.0 Å². The van der Waals surface area contributed by atoms with E-state index in [1.807, 2.05) is 35.0 Å². The van der Waals surface area contributed by atoms with E-state index in [2.05, 4.69) is 0 Å². The number of hydrogen-bond donors (Lipinski definition) is 3. The molecule has 6 heteroatoms. The van der Waals surface area contributed by atoms with Crippen molar-refractivity contribution in [2.24, 2.45) is 0 Å². The molecule has 0 unspecified atom stereocenters. The van der Waals surface area contributed by atoms with Crippen LogP contribution in [0.1, 0.15) is 11.1 Å². The molecule has 0 atom stereocenters. The Morgan fingerprint density at radius 1 is 1.23 bits per heavy atom. The third kappa shape index (κ3) is 2.74. The summed E-state index contributed by atoms with van der Waals surface area (Å²) in [7, 11) is 1.62. The summed E-state index contributed by atoms with van der Waals surface area (Å²) < 4.78 is 13.1. The van der Waals surface area contributed by atoms with Crippen LogP contribution < -0.4 is 9.47 Å². The van der Waals surface area contributed by atoms with Crippen LogP contribution in [0.2, 0.25) is 0 Å². The molecule has 2 heterocycles. The summed E-state index contributed by atoms with van der Waals surface area (Å²) in [5.41, 5.74) is 2.58. The molecule has 26 heavy (non-hydrogen) atoms. The third-order valence-corrected chi connectivity index (χ3v) is 4.54. The Kier molecular flexibility index (Phi) is 3.97. The fraction of sp³-hybridized carbons (Fsp3) is 0.200. The lowest BCUT2D eigenvalue weighted by Gasteiger charge is -2.03. The number of aromatic nitrogens is 1. The van der Waals surface area contributed by atoms with Crippen molar-refractivity contribution < 1.29 is 24.8 Å². The van der Waals surface area contributed by atoms with E-state index in [1.165, 1.54) is 12.1 Å². The first-order valence-corrected chi connectivity index (χ1v) is 8.30. The lowest BCUT2D eigenvalue weighted by atomic mass is 10.1. The number of rotatable bonds is 4. The standard InChI is InChI=1S/C20H19NO5/c1-25-14-2-3-18-16(9-14)12(11-21(18)4-5-22)6-15-10-17-19(24)7-13(23)8-20(17)26-15/h2-3,6-9,11,22-24H,4-5,10H2,1H3/b15-6-. The molecule has 0 fully saturated rings. The Hall–Kier alpha value is -3.12. The molecule has 0 aliphatic carbocycles. The highest BCUT2D eigenvalue weighted by Crippen LogP contribution is 2.41. The Bertz CT molecular complexity index is 1020. The maximum Gasteiger partial charge on any atom is 0.137 e. The van der Waals surface area contributed by atoms with Gasteiger partial charge < -0.3 is 29.4 Å². The first-order valence-electron chi connectivity index (χ1n) is 8.30. The summed E-state index contributed by atoms with van der Waals surface area (Å²) in [6, 6.07) is 8.59. The second-order valence-electron chi connectivity index (χ2n) is 6.22. The minimum Gasteiger partial charge on any atom is -0.508 e. The molecule has 1 aliphatic heterocycles. The molecule has 0 bridgehead atoms. The molecule has 6 nitrogen and oxygen atoms in total. The smallest absolute Gasteiger partial charge is 0.137 e. The number of aromatic hydroxyl groups is 2. The van der Waals surface area contributed by atoms with Crippen molar-refractivity contribution in [1.29, 1.82) is 0 Å². The van der Waals surface area contributed by atoms with Gasteiger partial charge in [0.15, 0.2) is 0 Å². The zero-order valence-electron chi connectivity index (χ0n) is 14.3. The van der Waals surface area contributed by atoms with Crippen molar-refractivity contribution in [3.63, 3.8) is 0 Å². The number of ether oxygens (including phenoxy) is 2. The maximum absolute atomic E-state index is 9.99. The van der Waals surface area contributed by atoms with Crippen molar-refractivity contribution in [3.05, 3.63) is 53.4 Å². The average molecular weight is 353 g/mol. The lowest BCUT2D eigenvalue weighted by molar-refractivity contribution is 0.278. The van der Waals surface area contributed by atoms with Gasteiger partial charge in [-0.2, -0.15) is 0 Å². The second-order valence-corrected chi connectivity index (χ2v) is 6.22. The normalized spacial score (nSPS) is 14.6. The summed E-state index contributed by atoms with van der Waals surface area (Å²) in [5, 5.41) is 29.9. The van der Waals surface area contributed by atoms with Gasteiger partial charge in [-0.1, -0.05) is 0 Å². The van der Waals surface area contributed by atoms with Gasteiger partial charge in [-0.3, -0.25) is 0 Å². The molecular formula is C20H19NO5. The van der Waals surface area contributed by atoms with Crippen LogP contribution in [0.4, 0.5) is 0 Å². The quantitative estimate of drug-likeness (QED) is 0.671. The number of nitrogens with zero attached hydrogens (tertiary/aromatic N) is 1. The molecule has 134 valence electrons. The van der Waals surface area contributed by atoms with Gasteiger partial charge in [0.25, 0.3) is 0 Å². The van der Waals surface area contributed by atoms with E-state index in [4.69, 9.17) is 9.47 Å². The number of phenols is 2. The molecule has 4 rings (SSSR count). The number of methoxy groups -OCH3 is 1. The van der Waals surface area contributed by atoms with E-state index in [1.54, 1.807) is 7.11 Å². The topological polar surface area (TPSA) is 84.1 Å². The van der Waals surface area contributed by atoms with E-state index in [-0.39, 0.29) is 18.1 Å². The summed E-state index contributed by atoms with van der Waals surface area (Å²) in [6.45, 7) is 0.530. The molecule has 0 amide bonds. The lowest BCUT2D eigenvalue weighted by Crippen LogP contribution is -1.99. The Morgan fingerprint density at radius 3 is 2.85 bits per heavy atom. The van der Waals surface area contributed by atoms with Gasteiger partial charge in [0, 0.05) is 53.3 Å². The number of fused-ring (bicyclic) bond motifs is 2. The van der Waals surface area contributed by atoms with Gasteiger partial charge >= 0.3 is 0 Å². The summed E-state index contributed by atoms with van der Waals surface area (Å²) in [5.74, 6) is 1.87. The van der Waals surface area contributed by atoms with Crippen LogP contribution in [0.5, 0.6) is 23.0 Å². The summed E-state index contributed by atoms with van der Waals surface area (Å²) >= 11 is 0. The Labute approximate surface area is 150 Å². The average Bonchev–Trinajstić information content (AvgIpc) is 3.17. The molecule has 3 N–H and O–H groups in total. The molecular weight excluding hydrogens is 334 g/mol. The summed E-state index contributed by atoms with van der Waals surface area (Å²) in [4.78, 5) is 0. The van der Waals surface area contributed by atoms with Crippen LogP contribution in [-0.4, -0.2) is 33.6 Å². The van der Waals surface area contributed by atoms with E-state index in [9.17, 15) is 15.3 Å². The minimum absolute atomic E-state index is 0.0211. The molecule has 2 aromatic carbocycles. The third-order valence-electron chi connectivity index (χ3n) is 4.54. The van der Waals surface area contributed by atoms with Crippen molar-refractivity contribution >= 4 is 17.0 Å². The summed E-state index contributed by atoms with van der Waals surface area (Å²) in [6.07, 6.45) is 4.31. The van der Waals surface area contributed by atoms with E-state index in [0.29, 0.717) is 30.0 Å². The fourth-order valence-corrected chi connectivity index (χ4v) is 3.33. The number of benzene rings is 2. The van der Waals surface area contributed by atoms with Gasteiger partial charge in [0.1, 0.15) is 28.8 Å². The van der Waals surface area contributed by atoms with Gasteiger partial charge in [-0.05, 0) is 24.3 Å². The van der Waals surface area contributed by atoms with Gasteiger partial charge in [0.2, 0.25) is 0 Å². The van der Waals surface area contributed by atoms with Gasteiger partial charge in [0.05, 0.1) is 13.7 Å². The van der Waals surface area contributed by atoms with E-state index in [0.717, 1.165) is 22.2 Å². The Morgan fingerprint density at radius 2 is 2.08 bits per heavy atom. The zero-order chi connectivity index (χ0) is 18.3. The number of allylic oxidation sites excluding steroid dienone is 1. The highest BCUT2D eigenvalue weighted by atomic mass is 16.5. The maximum atomic E-state index is 9.99. The minimum atomic E-state index is -0.0354. The van der Waals surface area contributed by atoms with Crippen molar-refractivity contribution in [2.45, 2.75) is 13.0 Å². The number of phenolic OH excluding ortho intramolecular Hbond substituents is 2. The van der Waals surface area contributed by atoms with Crippen molar-refractivity contribution in [1.82, 2.24) is 4.57 Å². The van der Waals surface area contributed by atoms with Crippen LogP contribution in [0.15, 0.2) is 42.3 Å². The Balaban J connectivity index is 1.77. The predicted octanol–water partition coefficient (Wildman–Crippen LogP) is 3.03. The predicted molar refractivity (Wildman–Crippen MR) is 97.7 cm³/mol. The first kappa shape index (κ1) is 16.4. The molecule has 1 aromatic heterocycles. The SMILES string of the molecule is COc1ccc2c(c1)c(/C=C1/Cc3c(O)cc(O)cc3O1)cn2CCO. The molecule has 3 aromatic rings. The largest absolute Gasteiger partial charge is 0.508 e. The number of hydrogen-bond acceptors (Lipinski definition) is 5. The van der Waals surface area contributed by atoms with Crippen LogP contribution in [0.3, 0.4) is 0 Å². The number of aliphatic hydroxyl groups excluding tert-OH is 1. The highest BCUT2D eigenvalue weighted by Gasteiger charge is 2.22. The first-order chi connectivity index (χ1) is 12.6. The van der Waals surface area contributed by atoms with E-state index >= 15 is 0 Å². The van der Waals surface area contributed by atoms with Crippen LogP contribution in [0.25, 0.3) is 17.0 Å². The van der Waals surface area contributed by atoms with Gasteiger partial charge in [-0.15, -0.1) is 0 Å². The molecule has 1 aliphatic rings. The zero-order valence-corrected chi connectivity index (χ0v) is 14.3.